The van der Waals surface area contributed by atoms with Crippen LogP contribution in [0.15, 0.2) is 36.7 Å². The Hall–Kier alpha value is -2.74. The van der Waals surface area contributed by atoms with Crippen LogP contribution in [0.25, 0.3) is 5.57 Å². The average Bonchev–Trinajstić information content (AvgIpc) is 3.25. The zero-order valence-corrected chi connectivity index (χ0v) is 13.5. The monoisotopic (exact) mass is 343 g/mol. The van der Waals surface area contributed by atoms with Gasteiger partial charge in [-0.3, -0.25) is 0 Å². The molecule has 0 spiro atoms. The minimum Gasteiger partial charge on any atom is -0.442 e. The standard InChI is InChI=1S/C17H18FN5O2/c18-13-3-1-2-12(15(13)11-4-6-19-7-5-11)16-14(25-17(24)21-16)10-23-9-8-20-22-23/h1-4,8-9,14,16,19H,5-7,10H2,(H,21,24). The number of ether oxygens (including phenoxy) is 1. The highest BCUT2D eigenvalue weighted by molar-refractivity contribution is 5.74. The lowest BCUT2D eigenvalue weighted by Gasteiger charge is -2.23. The van der Waals surface area contributed by atoms with Crippen LogP contribution in [0.1, 0.15) is 23.6 Å². The van der Waals surface area contributed by atoms with Crippen molar-refractivity contribution >= 4 is 11.7 Å². The Morgan fingerprint density at radius 1 is 1.40 bits per heavy atom. The van der Waals surface area contributed by atoms with Gasteiger partial charge in [-0.05, 0) is 30.2 Å². The van der Waals surface area contributed by atoms with Crippen molar-refractivity contribution in [2.75, 3.05) is 13.1 Å². The number of hydrogen-bond donors (Lipinski definition) is 2. The van der Waals surface area contributed by atoms with Gasteiger partial charge in [-0.2, -0.15) is 0 Å². The van der Waals surface area contributed by atoms with E-state index >= 15 is 0 Å². The highest BCUT2D eigenvalue weighted by atomic mass is 19.1. The summed E-state index contributed by atoms with van der Waals surface area (Å²) in [6, 6.07) is 4.51. The molecule has 2 atom stereocenters. The molecule has 2 aromatic rings. The van der Waals surface area contributed by atoms with Crippen molar-refractivity contribution in [1.29, 1.82) is 0 Å². The van der Waals surface area contributed by atoms with E-state index in [0.717, 1.165) is 24.1 Å². The molecule has 8 heteroatoms. The predicted molar refractivity (Wildman–Crippen MR) is 88.0 cm³/mol. The second kappa shape index (κ2) is 6.64. The first-order chi connectivity index (χ1) is 12.2. The van der Waals surface area contributed by atoms with Gasteiger partial charge in [0.15, 0.2) is 0 Å². The Balaban J connectivity index is 1.71. The van der Waals surface area contributed by atoms with Crippen LogP contribution in [0.3, 0.4) is 0 Å². The first-order valence-electron chi connectivity index (χ1n) is 8.22. The van der Waals surface area contributed by atoms with E-state index in [1.807, 2.05) is 12.1 Å². The maximum atomic E-state index is 14.6. The summed E-state index contributed by atoms with van der Waals surface area (Å²) < 4.78 is 21.6. The molecule has 0 saturated carbocycles. The normalized spacial score (nSPS) is 23.1. The molecular formula is C17H18FN5O2. The molecule has 1 saturated heterocycles. The molecule has 1 aromatic heterocycles. The smallest absolute Gasteiger partial charge is 0.408 e. The second-order valence-corrected chi connectivity index (χ2v) is 6.08. The molecular weight excluding hydrogens is 325 g/mol. The Kier molecular flexibility index (Phi) is 4.19. The summed E-state index contributed by atoms with van der Waals surface area (Å²) >= 11 is 0. The van der Waals surface area contributed by atoms with Crippen molar-refractivity contribution in [3.63, 3.8) is 0 Å². The lowest BCUT2D eigenvalue weighted by Crippen LogP contribution is -2.28. The third-order valence-electron chi connectivity index (χ3n) is 4.51. The molecule has 2 unspecified atom stereocenters. The molecule has 0 bridgehead atoms. The van der Waals surface area contributed by atoms with Gasteiger partial charge < -0.3 is 15.4 Å². The van der Waals surface area contributed by atoms with Gasteiger partial charge in [0.1, 0.15) is 11.9 Å². The molecule has 0 radical (unpaired) electrons. The number of rotatable bonds is 4. The summed E-state index contributed by atoms with van der Waals surface area (Å²) in [6.45, 7) is 1.86. The van der Waals surface area contributed by atoms with Gasteiger partial charge in [-0.25, -0.2) is 13.9 Å². The summed E-state index contributed by atoms with van der Waals surface area (Å²) in [5.74, 6) is -0.286. The summed E-state index contributed by atoms with van der Waals surface area (Å²) in [4.78, 5) is 11.8. The van der Waals surface area contributed by atoms with Crippen LogP contribution in [0.5, 0.6) is 0 Å². The van der Waals surface area contributed by atoms with Crippen molar-refractivity contribution in [3.8, 4) is 0 Å². The Labute approximate surface area is 143 Å². The second-order valence-electron chi connectivity index (χ2n) is 6.08. The van der Waals surface area contributed by atoms with Crippen LogP contribution in [0.4, 0.5) is 9.18 Å². The molecule has 2 aliphatic rings. The number of carbonyl (C=O) groups excluding carboxylic acids is 1. The van der Waals surface area contributed by atoms with Crippen LogP contribution in [-0.2, 0) is 11.3 Å². The zero-order valence-electron chi connectivity index (χ0n) is 13.5. The molecule has 0 aliphatic carbocycles. The number of aromatic nitrogens is 3. The van der Waals surface area contributed by atoms with Gasteiger partial charge in [-0.15, -0.1) is 5.10 Å². The van der Waals surface area contributed by atoms with Crippen LogP contribution < -0.4 is 10.6 Å². The van der Waals surface area contributed by atoms with Crippen molar-refractivity contribution in [2.24, 2.45) is 0 Å². The summed E-state index contributed by atoms with van der Waals surface area (Å²) in [5.41, 5.74) is 2.24. The van der Waals surface area contributed by atoms with Gasteiger partial charge in [0.05, 0.1) is 18.8 Å². The van der Waals surface area contributed by atoms with Gasteiger partial charge >= 0.3 is 6.09 Å². The van der Waals surface area contributed by atoms with Crippen LogP contribution in [0, 0.1) is 5.82 Å². The third kappa shape index (κ3) is 3.12. The van der Waals surface area contributed by atoms with Gasteiger partial charge in [0.2, 0.25) is 0 Å². The van der Waals surface area contributed by atoms with E-state index in [4.69, 9.17) is 4.74 Å². The van der Waals surface area contributed by atoms with Crippen molar-refractivity contribution < 1.29 is 13.9 Å². The molecule has 130 valence electrons. The van der Waals surface area contributed by atoms with Gasteiger partial charge in [-0.1, -0.05) is 23.4 Å². The van der Waals surface area contributed by atoms with E-state index in [2.05, 4.69) is 20.9 Å². The van der Waals surface area contributed by atoms with E-state index in [1.54, 1.807) is 23.1 Å². The SMILES string of the molecule is O=C1NC(c2cccc(F)c2C2=CCNCC2)C(Cn2ccnn2)O1. The Morgan fingerprint density at radius 3 is 3.08 bits per heavy atom. The number of carbonyl (C=O) groups is 1. The first-order valence-corrected chi connectivity index (χ1v) is 8.22. The highest BCUT2D eigenvalue weighted by Crippen LogP contribution is 2.34. The van der Waals surface area contributed by atoms with E-state index in [1.165, 1.54) is 6.07 Å². The Bertz CT molecular complexity index is 805. The third-order valence-corrected chi connectivity index (χ3v) is 4.51. The van der Waals surface area contributed by atoms with E-state index in [-0.39, 0.29) is 5.82 Å². The number of cyclic esters (lactones) is 1. The Morgan fingerprint density at radius 2 is 2.32 bits per heavy atom. The number of alkyl carbamates (subject to hydrolysis) is 1. The fourth-order valence-electron chi connectivity index (χ4n) is 3.38. The molecule has 1 aromatic carbocycles. The average molecular weight is 343 g/mol. The lowest BCUT2D eigenvalue weighted by molar-refractivity contribution is 0.117. The summed E-state index contributed by atoms with van der Waals surface area (Å²) in [6.07, 6.45) is 5.00. The maximum Gasteiger partial charge on any atom is 0.408 e. The largest absolute Gasteiger partial charge is 0.442 e. The fourth-order valence-corrected chi connectivity index (χ4v) is 3.38. The quantitative estimate of drug-likeness (QED) is 0.882. The maximum absolute atomic E-state index is 14.6. The summed E-state index contributed by atoms with van der Waals surface area (Å²) in [7, 11) is 0. The number of nitrogens with zero attached hydrogens (tertiary/aromatic N) is 3. The highest BCUT2D eigenvalue weighted by Gasteiger charge is 2.37. The van der Waals surface area contributed by atoms with Crippen LogP contribution >= 0.6 is 0 Å². The lowest BCUT2D eigenvalue weighted by atomic mass is 9.89. The minimum atomic E-state index is -0.510. The summed E-state index contributed by atoms with van der Waals surface area (Å²) in [5, 5.41) is 13.7. The number of amides is 1. The number of nitrogens with one attached hydrogen (secondary N) is 2. The molecule has 7 nitrogen and oxygen atoms in total. The van der Waals surface area contributed by atoms with Crippen molar-refractivity contribution in [2.45, 2.75) is 25.1 Å². The molecule has 1 fully saturated rings. The molecule has 4 rings (SSSR count). The molecule has 1 amide bonds. The van der Waals surface area contributed by atoms with E-state index in [9.17, 15) is 9.18 Å². The van der Waals surface area contributed by atoms with Crippen molar-refractivity contribution in [1.82, 2.24) is 25.6 Å². The topological polar surface area (TPSA) is 81.1 Å². The first kappa shape index (κ1) is 15.8. The van der Waals surface area contributed by atoms with Crippen LogP contribution in [-0.4, -0.2) is 40.3 Å². The zero-order chi connectivity index (χ0) is 17.2. The van der Waals surface area contributed by atoms with Gasteiger partial charge in [0, 0.05) is 18.3 Å². The number of benzene rings is 1. The minimum absolute atomic E-state index is 0.286. The number of hydrogen-bond acceptors (Lipinski definition) is 5. The van der Waals surface area contributed by atoms with Crippen LogP contribution in [0.2, 0.25) is 0 Å². The molecule has 3 heterocycles. The molecule has 25 heavy (non-hydrogen) atoms. The fraction of sp³-hybridized carbons (Fsp3) is 0.353. The van der Waals surface area contributed by atoms with Gasteiger partial charge in [0.25, 0.3) is 0 Å². The predicted octanol–water partition coefficient (Wildman–Crippen LogP) is 1.64. The molecule has 2 aliphatic heterocycles. The number of halogens is 1. The van der Waals surface area contributed by atoms with E-state index < -0.39 is 18.2 Å². The van der Waals surface area contributed by atoms with E-state index in [0.29, 0.717) is 18.7 Å². The van der Waals surface area contributed by atoms with Crippen molar-refractivity contribution in [3.05, 3.63) is 53.6 Å². The molecule has 2 N–H and O–H groups in total.